The fourth-order valence-corrected chi connectivity index (χ4v) is 2.74. The Hall–Kier alpha value is -1.06. The average Bonchev–Trinajstić information content (AvgIpc) is 2.47. The van der Waals surface area contributed by atoms with E-state index in [0.717, 1.165) is 18.2 Å². The summed E-state index contributed by atoms with van der Waals surface area (Å²) in [7, 11) is 1.71. The van der Waals surface area contributed by atoms with Crippen molar-refractivity contribution in [2.75, 3.05) is 26.7 Å². The molecule has 0 aliphatic carbocycles. The molecule has 3 heteroatoms. The van der Waals surface area contributed by atoms with E-state index < -0.39 is 0 Å². The van der Waals surface area contributed by atoms with Crippen molar-refractivity contribution >= 4 is 0 Å². The maximum atomic E-state index is 5.20. The Morgan fingerprint density at radius 2 is 1.85 bits per heavy atom. The molecular formula is C17H28N2O. The van der Waals surface area contributed by atoms with Crippen molar-refractivity contribution in [3.8, 4) is 5.75 Å². The van der Waals surface area contributed by atoms with Crippen LogP contribution in [0.3, 0.4) is 0 Å². The van der Waals surface area contributed by atoms with E-state index in [4.69, 9.17) is 4.74 Å². The van der Waals surface area contributed by atoms with Crippen molar-refractivity contribution in [2.24, 2.45) is 5.92 Å². The van der Waals surface area contributed by atoms with Crippen LogP contribution in [0.5, 0.6) is 5.75 Å². The second-order valence-electron chi connectivity index (χ2n) is 6.13. The van der Waals surface area contributed by atoms with E-state index in [9.17, 15) is 0 Å². The standard InChI is InChI=1S/C17H28N2O/c1-14(2)18-12-15-8-10-19(11-9-15)13-16-4-6-17(20-3)7-5-16/h4-7,14-15,18H,8-13H2,1-3H3. The van der Waals surface area contributed by atoms with Crippen molar-refractivity contribution in [3.63, 3.8) is 0 Å². The van der Waals surface area contributed by atoms with Gasteiger partial charge in [0, 0.05) is 12.6 Å². The molecule has 1 aromatic carbocycles. The van der Waals surface area contributed by atoms with Gasteiger partial charge in [0.25, 0.3) is 0 Å². The summed E-state index contributed by atoms with van der Waals surface area (Å²) in [4.78, 5) is 2.56. The molecule has 0 unspecified atom stereocenters. The largest absolute Gasteiger partial charge is 0.497 e. The van der Waals surface area contributed by atoms with Crippen molar-refractivity contribution in [1.82, 2.24) is 10.2 Å². The van der Waals surface area contributed by atoms with E-state index in [1.54, 1.807) is 7.11 Å². The third-order valence-electron chi connectivity index (χ3n) is 4.09. The van der Waals surface area contributed by atoms with Crippen LogP contribution in [0.2, 0.25) is 0 Å². The van der Waals surface area contributed by atoms with Crippen molar-refractivity contribution in [2.45, 2.75) is 39.3 Å². The first-order chi connectivity index (χ1) is 9.67. The second kappa shape index (κ2) is 7.65. The highest BCUT2D eigenvalue weighted by molar-refractivity contribution is 5.27. The zero-order valence-electron chi connectivity index (χ0n) is 13.1. The van der Waals surface area contributed by atoms with E-state index >= 15 is 0 Å². The predicted octanol–water partition coefficient (Wildman–Crippen LogP) is 2.91. The molecule has 0 aromatic heterocycles. The molecule has 0 amide bonds. The predicted molar refractivity (Wildman–Crippen MR) is 84.1 cm³/mol. The van der Waals surface area contributed by atoms with Crippen LogP contribution in [-0.2, 0) is 6.54 Å². The number of piperidine rings is 1. The first-order valence-electron chi connectivity index (χ1n) is 7.76. The van der Waals surface area contributed by atoms with E-state index in [-0.39, 0.29) is 0 Å². The molecule has 112 valence electrons. The van der Waals surface area contributed by atoms with Crippen LogP contribution in [0.25, 0.3) is 0 Å². The molecule has 0 bridgehead atoms. The Bertz CT molecular complexity index is 380. The summed E-state index contributed by atoms with van der Waals surface area (Å²) in [6.07, 6.45) is 2.63. The zero-order valence-corrected chi connectivity index (χ0v) is 13.1. The van der Waals surface area contributed by atoms with Crippen molar-refractivity contribution in [3.05, 3.63) is 29.8 Å². The Labute approximate surface area is 123 Å². The molecule has 1 heterocycles. The van der Waals surface area contributed by atoms with E-state index in [0.29, 0.717) is 6.04 Å². The first-order valence-corrected chi connectivity index (χ1v) is 7.76. The molecule has 0 saturated carbocycles. The Kier molecular flexibility index (Phi) is 5.86. The van der Waals surface area contributed by atoms with Crippen LogP contribution in [0, 0.1) is 5.92 Å². The molecule has 20 heavy (non-hydrogen) atoms. The van der Waals surface area contributed by atoms with Gasteiger partial charge in [0.2, 0.25) is 0 Å². The summed E-state index contributed by atoms with van der Waals surface area (Å²) >= 11 is 0. The summed E-state index contributed by atoms with van der Waals surface area (Å²) < 4.78 is 5.20. The molecular weight excluding hydrogens is 248 g/mol. The van der Waals surface area contributed by atoms with Crippen LogP contribution < -0.4 is 10.1 Å². The van der Waals surface area contributed by atoms with E-state index in [1.807, 2.05) is 0 Å². The summed E-state index contributed by atoms with van der Waals surface area (Å²) in [6, 6.07) is 9.05. The van der Waals surface area contributed by atoms with Gasteiger partial charge in [0.1, 0.15) is 5.75 Å². The molecule has 0 atom stereocenters. The fourth-order valence-electron chi connectivity index (χ4n) is 2.74. The quantitative estimate of drug-likeness (QED) is 0.864. The van der Waals surface area contributed by atoms with Crippen LogP contribution >= 0.6 is 0 Å². The monoisotopic (exact) mass is 276 g/mol. The van der Waals surface area contributed by atoms with Gasteiger partial charge in [-0.1, -0.05) is 26.0 Å². The number of hydrogen-bond donors (Lipinski definition) is 1. The van der Waals surface area contributed by atoms with Crippen LogP contribution in [0.1, 0.15) is 32.3 Å². The zero-order chi connectivity index (χ0) is 14.4. The van der Waals surface area contributed by atoms with Gasteiger partial charge in [-0.05, 0) is 56.1 Å². The lowest BCUT2D eigenvalue weighted by Gasteiger charge is -2.32. The lowest BCUT2D eigenvalue weighted by molar-refractivity contribution is 0.174. The number of benzene rings is 1. The Balaban J connectivity index is 1.73. The number of ether oxygens (including phenoxy) is 1. The summed E-state index contributed by atoms with van der Waals surface area (Å²) in [6.45, 7) is 9.12. The smallest absolute Gasteiger partial charge is 0.118 e. The minimum Gasteiger partial charge on any atom is -0.497 e. The highest BCUT2D eigenvalue weighted by Gasteiger charge is 2.19. The number of methoxy groups -OCH3 is 1. The summed E-state index contributed by atoms with van der Waals surface area (Å²) in [5.74, 6) is 1.79. The molecule has 0 radical (unpaired) electrons. The lowest BCUT2D eigenvalue weighted by Crippen LogP contribution is -2.38. The van der Waals surface area contributed by atoms with E-state index in [1.165, 1.54) is 38.0 Å². The van der Waals surface area contributed by atoms with Gasteiger partial charge in [0.15, 0.2) is 0 Å². The Morgan fingerprint density at radius 3 is 2.40 bits per heavy atom. The topological polar surface area (TPSA) is 24.5 Å². The van der Waals surface area contributed by atoms with Crippen LogP contribution in [-0.4, -0.2) is 37.7 Å². The minimum atomic E-state index is 0.604. The molecule has 1 saturated heterocycles. The van der Waals surface area contributed by atoms with Gasteiger partial charge < -0.3 is 10.1 Å². The number of likely N-dealkylation sites (tertiary alicyclic amines) is 1. The molecule has 3 nitrogen and oxygen atoms in total. The van der Waals surface area contributed by atoms with Crippen molar-refractivity contribution < 1.29 is 4.74 Å². The molecule has 1 aliphatic rings. The third-order valence-corrected chi connectivity index (χ3v) is 4.09. The SMILES string of the molecule is COc1ccc(CN2CCC(CNC(C)C)CC2)cc1. The summed E-state index contributed by atoms with van der Waals surface area (Å²) in [5.41, 5.74) is 1.38. The van der Waals surface area contributed by atoms with Gasteiger partial charge in [-0.25, -0.2) is 0 Å². The van der Waals surface area contributed by atoms with Crippen LogP contribution in [0.15, 0.2) is 24.3 Å². The highest BCUT2D eigenvalue weighted by atomic mass is 16.5. The number of nitrogens with one attached hydrogen (secondary N) is 1. The molecule has 1 aromatic rings. The molecule has 2 rings (SSSR count). The van der Waals surface area contributed by atoms with Crippen LogP contribution in [0.4, 0.5) is 0 Å². The minimum absolute atomic E-state index is 0.604. The number of nitrogens with zero attached hydrogens (tertiary/aromatic N) is 1. The van der Waals surface area contributed by atoms with Gasteiger partial charge in [0.05, 0.1) is 7.11 Å². The Morgan fingerprint density at radius 1 is 1.20 bits per heavy atom. The first kappa shape index (κ1) is 15.3. The maximum absolute atomic E-state index is 5.20. The number of hydrogen-bond acceptors (Lipinski definition) is 3. The van der Waals surface area contributed by atoms with Gasteiger partial charge in [-0.3, -0.25) is 4.90 Å². The fraction of sp³-hybridized carbons (Fsp3) is 0.647. The molecule has 0 spiro atoms. The average molecular weight is 276 g/mol. The summed E-state index contributed by atoms with van der Waals surface area (Å²) in [5, 5.41) is 3.56. The maximum Gasteiger partial charge on any atom is 0.118 e. The third kappa shape index (κ3) is 4.80. The molecule has 1 N–H and O–H groups in total. The number of rotatable bonds is 6. The second-order valence-corrected chi connectivity index (χ2v) is 6.13. The van der Waals surface area contributed by atoms with Gasteiger partial charge >= 0.3 is 0 Å². The van der Waals surface area contributed by atoms with Gasteiger partial charge in [-0.15, -0.1) is 0 Å². The highest BCUT2D eigenvalue weighted by Crippen LogP contribution is 2.19. The lowest BCUT2D eigenvalue weighted by atomic mass is 9.96. The molecule has 1 fully saturated rings. The molecule has 1 aliphatic heterocycles. The van der Waals surface area contributed by atoms with Crippen molar-refractivity contribution in [1.29, 1.82) is 0 Å². The van der Waals surface area contributed by atoms with Gasteiger partial charge in [-0.2, -0.15) is 0 Å². The van der Waals surface area contributed by atoms with E-state index in [2.05, 4.69) is 48.3 Å². The normalized spacial score (nSPS) is 17.6.